The van der Waals surface area contributed by atoms with Crippen molar-refractivity contribution in [3.63, 3.8) is 0 Å². The zero-order chi connectivity index (χ0) is 16.1. The van der Waals surface area contributed by atoms with Gasteiger partial charge >= 0.3 is 0 Å². The molecule has 0 aliphatic carbocycles. The molecule has 0 aromatic heterocycles. The fraction of sp³-hybridized carbons (Fsp3) is 0.429. The van der Waals surface area contributed by atoms with Crippen molar-refractivity contribution in [2.45, 2.75) is 0 Å². The highest BCUT2D eigenvalue weighted by atomic mass is 35.5. The minimum Gasteiger partial charge on any atom is -0.493 e. The topological polar surface area (TPSA) is 93.9 Å². The van der Waals surface area contributed by atoms with E-state index < -0.39 is 5.91 Å². The lowest BCUT2D eigenvalue weighted by atomic mass is 10.1. The average molecular weight is 364 g/mol. The van der Waals surface area contributed by atoms with Crippen LogP contribution in [0.5, 0.6) is 11.5 Å². The van der Waals surface area contributed by atoms with Crippen LogP contribution in [-0.4, -0.2) is 56.6 Å². The Balaban J connectivity index is 0.00000264. The Morgan fingerprint density at radius 2 is 2.00 bits per heavy atom. The summed E-state index contributed by atoms with van der Waals surface area (Å²) in [4.78, 5) is 25.0. The monoisotopic (exact) mass is 363 g/mol. The van der Waals surface area contributed by atoms with Crippen molar-refractivity contribution < 1.29 is 19.1 Å². The number of methoxy groups -OCH3 is 1. The molecule has 2 rings (SSSR count). The van der Waals surface area contributed by atoms with Crippen molar-refractivity contribution >= 4 is 35.8 Å². The number of hydrogen-bond donors (Lipinski definition) is 2. The molecule has 0 spiro atoms. The van der Waals surface area contributed by atoms with Gasteiger partial charge in [0, 0.05) is 31.7 Å². The number of rotatable bonds is 5. The van der Waals surface area contributed by atoms with Crippen LogP contribution in [0.2, 0.25) is 5.02 Å². The van der Waals surface area contributed by atoms with Gasteiger partial charge in [-0.05, 0) is 12.1 Å². The molecule has 0 bridgehead atoms. The van der Waals surface area contributed by atoms with E-state index >= 15 is 0 Å². The third-order valence-corrected chi connectivity index (χ3v) is 3.52. The molecule has 0 radical (unpaired) electrons. The van der Waals surface area contributed by atoms with Crippen LogP contribution < -0.4 is 20.5 Å². The molecule has 1 aliphatic rings. The van der Waals surface area contributed by atoms with E-state index in [1.807, 2.05) is 0 Å². The molecule has 1 aromatic rings. The number of nitrogens with one attached hydrogen (secondary N) is 1. The predicted octanol–water partition coefficient (Wildman–Crippen LogP) is 0.680. The molecule has 1 aliphatic heterocycles. The van der Waals surface area contributed by atoms with Gasteiger partial charge in [0.2, 0.25) is 0 Å². The van der Waals surface area contributed by atoms with Gasteiger partial charge in [-0.2, -0.15) is 0 Å². The summed E-state index contributed by atoms with van der Waals surface area (Å²) in [6.45, 7) is 2.48. The molecule has 1 aromatic carbocycles. The fourth-order valence-corrected chi connectivity index (χ4v) is 2.44. The number of nitrogens with two attached hydrogens (primary N) is 1. The van der Waals surface area contributed by atoms with Gasteiger partial charge in [-0.1, -0.05) is 11.6 Å². The van der Waals surface area contributed by atoms with Gasteiger partial charge in [0.15, 0.2) is 18.1 Å². The van der Waals surface area contributed by atoms with Crippen molar-refractivity contribution in [2.24, 2.45) is 5.73 Å². The molecule has 1 fully saturated rings. The number of amides is 2. The van der Waals surface area contributed by atoms with E-state index in [9.17, 15) is 9.59 Å². The molecule has 1 heterocycles. The summed E-state index contributed by atoms with van der Waals surface area (Å²) in [6, 6.07) is 3.05. The van der Waals surface area contributed by atoms with E-state index in [1.54, 1.807) is 11.0 Å². The van der Waals surface area contributed by atoms with E-state index in [0.29, 0.717) is 18.7 Å². The Morgan fingerprint density at radius 3 is 2.57 bits per heavy atom. The number of hydrogen-bond acceptors (Lipinski definition) is 5. The molecule has 0 unspecified atom stereocenters. The maximum Gasteiger partial charge on any atom is 0.255 e. The van der Waals surface area contributed by atoms with Crippen LogP contribution in [0.4, 0.5) is 0 Å². The van der Waals surface area contributed by atoms with E-state index in [2.05, 4.69) is 5.32 Å². The first-order valence-electron chi connectivity index (χ1n) is 6.81. The molecule has 1 saturated heterocycles. The van der Waals surface area contributed by atoms with E-state index in [0.717, 1.165) is 13.1 Å². The van der Waals surface area contributed by atoms with Crippen molar-refractivity contribution in [1.82, 2.24) is 10.2 Å². The van der Waals surface area contributed by atoms with Crippen LogP contribution >= 0.6 is 24.0 Å². The third kappa shape index (κ3) is 4.89. The summed E-state index contributed by atoms with van der Waals surface area (Å²) in [5.41, 5.74) is 5.46. The summed E-state index contributed by atoms with van der Waals surface area (Å²) < 4.78 is 10.4. The zero-order valence-corrected chi connectivity index (χ0v) is 14.2. The Bertz CT molecular complexity index is 577. The molecule has 7 nitrogen and oxygen atoms in total. The van der Waals surface area contributed by atoms with Crippen molar-refractivity contribution in [3.05, 3.63) is 22.7 Å². The normalized spacial score (nSPS) is 13.9. The van der Waals surface area contributed by atoms with Crippen LogP contribution in [0, 0.1) is 0 Å². The Labute approximate surface area is 145 Å². The minimum absolute atomic E-state index is 0. The molecule has 0 atom stereocenters. The molecular weight excluding hydrogens is 345 g/mol. The SMILES string of the molecule is COc1cc(C(=O)N2CCNCC2)cc(Cl)c1OCC(N)=O.Cl. The second-order valence-corrected chi connectivity index (χ2v) is 5.19. The zero-order valence-electron chi connectivity index (χ0n) is 12.6. The first kappa shape index (κ1) is 19.3. The van der Waals surface area contributed by atoms with Crippen LogP contribution in [0.1, 0.15) is 10.4 Å². The quantitative estimate of drug-likeness (QED) is 0.802. The lowest BCUT2D eigenvalue weighted by Gasteiger charge is -2.27. The Morgan fingerprint density at radius 1 is 1.35 bits per heavy atom. The summed E-state index contributed by atoms with van der Waals surface area (Å²) in [6.07, 6.45) is 0. The van der Waals surface area contributed by atoms with Gasteiger partial charge in [-0.25, -0.2) is 0 Å². The van der Waals surface area contributed by atoms with Gasteiger partial charge in [0.05, 0.1) is 12.1 Å². The summed E-state index contributed by atoms with van der Waals surface area (Å²) in [5, 5.41) is 3.38. The van der Waals surface area contributed by atoms with E-state index in [4.69, 9.17) is 26.8 Å². The fourth-order valence-electron chi connectivity index (χ4n) is 2.18. The summed E-state index contributed by atoms with van der Waals surface area (Å²) >= 11 is 6.14. The highest BCUT2D eigenvalue weighted by molar-refractivity contribution is 6.32. The number of carbonyl (C=O) groups is 2. The summed E-state index contributed by atoms with van der Waals surface area (Å²) in [7, 11) is 1.43. The number of benzene rings is 1. The van der Waals surface area contributed by atoms with Crippen molar-refractivity contribution in [2.75, 3.05) is 39.9 Å². The molecule has 3 N–H and O–H groups in total. The first-order chi connectivity index (χ1) is 10.5. The number of primary amides is 1. The molecule has 23 heavy (non-hydrogen) atoms. The molecule has 9 heteroatoms. The van der Waals surface area contributed by atoms with Gasteiger partial charge < -0.3 is 25.4 Å². The minimum atomic E-state index is -0.626. The maximum absolute atomic E-state index is 12.5. The van der Waals surface area contributed by atoms with E-state index in [-0.39, 0.29) is 41.4 Å². The van der Waals surface area contributed by atoms with Crippen LogP contribution in [0.15, 0.2) is 12.1 Å². The maximum atomic E-state index is 12.5. The van der Waals surface area contributed by atoms with Crippen LogP contribution in [-0.2, 0) is 4.79 Å². The highest BCUT2D eigenvalue weighted by Crippen LogP contribution is 2.36. The molecule has 0 saturated carbocycles. The molecule has 2 amide bonds. The second-order valence-electron chi connectivity index (χ2n) is 4.79. The molecule has 128 valence electrons. The number of piperazine rings is 1. The number of carbonyl (C=O) groups excluding carboxylic acids is 2. The second kappa shape index (κ2) is 8.81. The first-order valence-corrected chi connectivity index (χ1v) is 7.19. The summed E-state index contributed by atoms with van der Waals surface area (Å²) in [5.74, 6) is -0.269. The number of nitrogens with zero attached hydrogens (tertiary/aromatic N) is 1. The lowest BCUT2D eigenvalue weighted by Crippen LogP contribution is -2.46. The number of halogens is 2. The van der Waals surface area contributed by atoms with E-state index in [1.165, 1.54) is 13.2 Å². The lowest BCUT2D eigenvalue weighted by molar-refractivity contribution is -0.119. The van der Waals surface area contributed by atoms with Gasteiger partial charge in [0.25, 0.3) is 11.8 Å². The third-order valence-electron chi connectivity index (χ3n) is 3.24. The Kier molecular flexibility index (Phi) is 7.41. The largest absolute Gasteiger partial charge is 0.493 e. The predicted molar refractivity (Wildman–Crippen MR) is 88.7 cm³/mol. The van der Waals surface area contributed by atoms with Crippen molar-refractivity contribution in [1.29, 1.82) is 0 Å². The Hall–Kier alpha value is -1.70. The van der Waals surface area contributed by atoms with Gasteiger partial charge in [0.1, 0.15) is 0 Å². The standard InChI is InChI=1S/C14H18ClN3O4.ClH/c1-21-11-7-9(14(20)18-4-2-17-3-5-18)6-10(15)13(11)22-8-12(16)19;/h6-7,17H,2-5,8H2,1H3,(H2,16,19);1H. The number of ether oxygens (including phenoxy) is 2. The van der Waals surface area contributed by atoms with Crippen LogP contribution in [0.3, 0.4) is 0 Å². The van der Waals surface area contributed by atoms with Crippen molar-refractivity contribution in [3.8, 4) is 11.5 Å². The molecular formula is C14H19Cl2N3O4. The van der Waals surface area contributed by atoms with Crippen LogP contribution in [0.25, 0.3) is 0 Å². The van der Waals surface area contributed by atoms with Gasteiger partial charge in [-0.3, -0.25) is 9.59 Å². The average Bonchev–Trinajstić information content (AvgIpc) is 2.52. The smallest absolute Gasteiger partial charge is 0.255 e. The van der Waals surface area contributed by atoms with Gasteiger partial charge in [-0.15, -0.1) is 12.4 Å². The highest BCUT2D eigenvalue weighted by Gasteiger charge is 2.21.